The second-order valence-corrected chi connectivity index (χ2v) is 5.68. The van der Waals surface area contributed by atoms with E-state index in [0.29, 0.717) is 21.3 Å². The second-order valence-electron chi connectivity index (χ2n) is 4.87. The Morgan fingerprint density at radius 3 is 2.09 bits per heavy atom. The fraction of sp³-hybridized carbons (Fsp3) is 0.0625. The van der Waals surface area contributed by atoms with E-state index >= 15 is 0 Å². The number of aryl methyl sites for hydroxylation is 1. The highest BCUT2D eigenvalue weighted by atomic mass is 35.5. The van der Waals surface area contributed by atoms with Crippen molar-refractivity contribution in [3.8, 4) is 34.0 Å². The average Bonchev–Trinajstić information content (AvgIpc) is 2.80. The Hall–Kier alpha value is -2.17. The number of benzene rings is 2. The maximum absolute atomic E-state index is 9.51. The van der Waals surface area contributed by atoms with Crippen LogP contribution in [0, 0.1) is 0 Å². The molecule has 0 saturated heterocycles. The van der Waals surface area contributed by atoms with Crippen LogP contribution in [-0.4, -0.2) is 20.0 Å². The number of nitrogens with zero attached hydrogens (tertiary/aromatic N) is 2. The van der Waals surface area contributed by atoms with E-state index in [0.717, 1.165) is 11.3 Å². The summed E-state index contributed by atoms with van der Waals surface area (Å²) in [5.74, 6) is 0.212. The molecule has 0 amide bonds. The molecule has 0 aliphatic carbocycles. The summed E-state index contributed by atoms with van der Waals surface area (Å²) in [6.07, 6.45) is 0. The van der Waals surface area contributed by atoms with Crippen molar-refractivity contribution < 1.29 is 10.2 Å². The van der Waals surface area contributed by atoms with Crippen molar-refractivity contribution in [1.29, 1.82) is 0 Å². The van der Waals surface area contributed by atoms with Gasteiger partial charge in [-0.25, -0.2) is 0 Å². The predicted molar refractivity (Wildman–Crippen MR) is 87.4 cm³/mol. The van der Waals surface area contributed by atoms with Gasteiger partial charge in [0.1, 0.15) is 11.5 Å². The van der Waals surface area contributed by atoms with E-state index in [1.807, 2.05) is 13.1 Å². The fourth-order valence-corrected chi connectivity index (χ4v) is 2.97. The topological polar surface area (TPSA) is 58.3 Å². The van der Waals surface area contributed by atoms with Gasteiger partial charge >= 0.3 is 0 Å². The maximum atomic E-state index is 9.51. The lowest BCUT2D eigenvalue weighted by Gasteiger charge is -2.04. The van der Waals surface area contributed by atoms with E-state index in [-0.39, 0.29) is 11.5 Å². The summed E-state index contributed by atoms with van der Waals surface area (Å²) >= 11 is 12.3. The number of halogens is 2. The summed E-state index contributed by atoms with van der Waals surface area (Å²) in [5.41, 5.74) is 2.95. The molecule has 0 atom stereocenters. The van der Waals surface area contributed by atoms with Gasteiger partial charge in [-0.2, -0.15) is 5.10 Å². The van der Waals surface area contributed by atoms with Crippen LogP contribution in [0.3, 0.4) is 0 Å². The minimum absolute atomic E-state index is 0.00781. The quantitative estimate of drug-likeness (QED) is 0.726. The first kappa shape index (κ1) is 14.8. The smallest absolute Gasteiger partial charge is 0.118 e. The molecule has 0 aliphatic rings. The first-order chi connectivity index (χ1) is 10.5. The van der Waals surface area contributed by atoms with Gasteiger partial charge in [-0.05, 0) is 42.5 Å². The Bertz CT molecular complexity index is 819. The average molecular weight is 335 g/mol. The van der Waals surface area contributed by atoms with Crippen LogP contribution in [-0.2, 0) is 7.05 Å². The van der Waals surface area contributed by atoms with E-state index in [1.54, 1.807) is 28.9 Å². The SMILES string of the molecule is Cn1nc(-c2c(Cl)cc(O)cc2Cl)cc1-c1ccc(O)cc1. The highest BCUT2D eigenvalue weighted by Gasteiger charge is 2.16. The summed E-state index contributed by atoms with van der Waals surface area (Å²) in [5, 5.41) is 24.0. The summed E-state index contributed by atoms with van der Waals surface area (Å²) in [6.45, 7) is 0. The molecule has 22 heavy (non-hydrogen) atoms. The molecule has 0 saturated carbocycles. The minimum atomic E-state index is 0.00781. The normalized spacial score (nSPS) is 10.9. The van der Waals surface area contributed by atoms with Crippen LogP contribution in [0.5, 0.6) is 11.5 Å². The molecule has 0 fully saturated rings. The molecule has 2 N–H and O–H groups in total. The Morgan fingerprint density at radius 1 is 0.909 bits per heavy atom. The lowest BCUT2D eigenvalue weighted by Crippen LogP contribution is -1.93. The van der Waals surface area contributed by atoms with Crippen LogP contribution in [0.15, 0.2) is 42.5 Å². The third-order valence-electron chi connectivity index (χ3n) is 3.33. The standard InChI is InChI=1S/C16H12Cl2N2O2/c1-20-15(9-2-4-10(21)5-3-9)8-14(19-20)16-12(17)6-11(22)7-13(16)18/h2-8,21-22H,1H3. The highest BCUT2D eigenvalue weighted by Crippen LogP contribution is 2.38. The van der Waals surface area contributed by atoms with Crippen LogP contribution in [0.2, 0.25) is 10.0 Å². The van der Waals surface area contributed by atoms with Gasteiger partial charge in [0.2, 0.25) is 0 Å². The monoisotopic (exact) mass is 334 g/mol. The Kier molecular flexibility index (Phi) is 3.72. The molecule has 112 valence electrons. The first-order valence-corrected chi connectivity index (χ1v) is 7.23. The van der Waals surface area contributed by atoms with E-state index in [1.165, 1.54) is 12.1 Å². The predicted octanol–water partition coefficient (Wildman–Crippen LogP) is 4.47. The first-order valence-electron chi connectivity index (χ1n) is 6.47. The van der Waals surface area contributed by atoms with Crippen molar-refractivity contribution in [2.24, 2.45) is 7.05 Å². The molecule has 1 aromatic heterocycles. The number of rotatable bonds is 2. The summed E-state index contributed by atoms with van der Waals surface area (Å²) in [7, 11) is 1.81. The van der Waals surface area contributed by atoms with Crippen LogP contribution >= 0.6 is 23.2 Å². The molecule has 1 heterocycles. The largest absolute Gasteiger partial charge is 0.508 e. The van der Waals surface area contributed by atoms with Gasteiger partial charge < -0.3 is 10.2 Å². The van der Waals surface area contributed by atoms with Gasteiger partial charge in [-0.1, -0.05) is 23.2 Å². The van der Waals surface area contributed by atoms with E-state index in [4.69, 9.17) is 23.2 Å². The lowest BCUT2D eigenvalue weighted by atomic mass is 10.1. The number of aromatic hydroxyl groups is 2. The summed E-state index contributed by atoms with van der Waals surface area (Å²) < 4.78 is 1.71. The fourth-order valence-electron chi connectivity index (χ4n) is 2.30. The molecule has 0 radical (unpaired) electrons. The molecule has 0 unspecified atom stereocenters. The number of hydrogen-bond donors (Lipinski definition) is 2. The molecule has 3 aromatic rings. The van der Waals surface area contributed by atoms with Gasteiger partial charge in [-0.3, -0.25) is 4.68 Å². The van der Waals surface area contributed by atoms with E-state index < -0.39 is 0 Å². The molecular formula is C16H12Cl2N2O2. The molecule has 0 spiro atoms. The van der Waals surface area contributed by atoms with Crippen molar-refractivity contribution in [1.82, 2.24) is 9.78 Å². The molecule has 0 aliphatic heterocycles. The number of aromatic nitrogens is 2. The number of hydrogen-bond acceptors (Lipinski definition) is 3. The van der Waals surface area contributed by atoms with Crippen LogP contribution in [0.1, 0.15) is 0 Å². The summed E-state index contributed by atoms with van der Waals surface area (Å²) in [4.78, 5) is 0. The summed E-state index contributed by atoms with van der Waals surface area (Å²) in [6, 6.07) is 11.5. The molecular weight excluding hydrogens is 323 g/mol. The maximum Gasteiger partial charge on any atom is 0.118 e. The number of phenols is 2. The Morgan fingerprint density at radius 2 is 1.50 bits per heavy atom. The van der Waals surface area contributed by atoms with Gasteiger partial charge in [0, 0.05) is 18.2 Å². The van der Waals surface area contributed by atoms with Gasteiger partial charge in [0.15, 0.2) is 0 Å². The zero-order chi connectivity index (χ0) is 15.9. The molecule has 0 bridgehead atoms. The van der Waals surface area contributed by atoms with E-state index in [2.05, 4.69) is 5.10 Å². The van der Waals surface area contributed by atoms with Crippen molar-refractivity contribution >= 4 is 23.2 Å². The van der Waals surface area contributed by atoms with Crippen molar-refractivity contribution in [2.45, 2.75) is 0 Å². The lowest BCUT2D eigenvalue weighted by molar-refractivity contribution is 0.475. The zero-order valence-electron chi connectivity index (χ0n) is 11.6. The molecule has 4 nitrogen and oxygen atoms in total. The zero-order valence-corrected chi connectivity index (χ0v) is 13.1. The highest BCUT2D eigenvalue weighted by molar-refractivity contribution is 6.39. The third kappa shape index (κ3) is 2.63. The Balaban J connectivity index is 2.12. The van der Waals surface area contributed by atoms with Gasteiger partial charge in [-0.15, -0.1) is 0 Å². The van der Waals surface area contributed by atoms with Gasteiger partial charge in [0.05, 0.1) is 21.4 Å². The van der Waals surface area contributed by atoms with Crippen LogP contribution < -0.4 is 0 Å². The third-order valence-corrected chi connectivity index (χ3v) is 3.92. The number of phenolic OH excluding ortho intramolecular Hbond substituents is 2. The minimum Gasteiger partial charge on any atom is -0.508 e. The second kappa shape index (κ2) is 5.55. The Labute approximate surface area is 137 Å². The van der Waals surface area contributed by atoms with Crippen molar-refractivity contribution in [2.75, 3.05) is 0 Å². The molecule has 2 aromatic carbocycles. The van der Waals surface area contributed by atoms with E-state index in [9.17, 15) is 10.2 Å². The molecule has 6 heteroatoms. The van der Waals surface area contributed by atoms with Crippen molar-refractivity contribution in [3.05, 3.63) is 52.5 Å². The van der Waals surface area contributed by atoms with Crippen LogP contribution in [0.4, 0.5) is 0 Å². The van der Waals surface area contributed by atoms with Crippen LogP contribution in [0.25, 0.3) is 22.5 Å². The van der Waals surface area contributed by atoms with Gasteiger partial charge in [0.25, 0.3) is 0 Å². The molecule has 3 rings (SSSR count). The van der Waals surface area contributed by atoms with Crippen molar-refractivity contribution in [3.63, 3.8) is 0 Å².